The number of nitrogens with zero attached hydrogens (tertiary/aromatic N) is 1. The molecule has 0 heterocycles. The number of carbonyl (C=O) groups is 1. The van der Waals surface area contributed by atoms with Crippen molar-refractivity contribution >= 4 is 5.91 Å². The molecular formula is C27H32N2O2. The number of benzene rings is 3. The van der Waals surface area contributed by atoms with Crippen LogP contribution in [0.25, 0.3) is 0 Å². The van der Waals surface area contributed by atoms with Crippen LogP contribution in [-0.2, 0) is 17.8 Å². The highest BCUT2D eigenvalue weighted by Gasteiger charge is 2.07. The lowest BCUT2D eigenvalue weighted by Crippen LogP contribution is -2.29. The first kappa shape index (κ1) is 22.6. The molecule has 4 nitrogen and oxygen atoms in total. The molecule has 0 aromatic heterocycles. The first-order valence-electron chi connectivity index (χ1n) is 11.1. The molecule has 0 aliphatic carbocycles. The van der Waals surface area contributed by atoms with Gasteiger partial charge in [-0.1, -0.05) is 67.6 Å². The van der Waals surface area contributed by atoms with Crippen molar-refractivity contribution in [2.75, 3.05) is 19.6 Å². The fourth-order valence-corrected chi connectivity index (χ4v) is 3.46. The van der Waals surface area contributed by atoms with Gasteiger partial charge < -0.3 is 10.1 Å². The highest BCUT2D eigenvalue weighted by atomic mass is 16.5. The Bertz CT molecular complexity index is 913. The number of hydrogen-bond donors (Lipinski definition) is 1. The fraction of sp³-hybridized carbons (Fsp3) is 0.296. The fourth-order valence-electron chi connectivity index (χ4n) is 3.46. The Morgan fingerprint density at radius 3 is 2.29 bits per heavy atom. The minimum atomic E-state index is 0.123. The van der Waals surface area contributed by atoms with E-state index in [-0.39, 0.29) is 5.91 Å². The number of nitrogens with one attached hydrogen (secondary N) is 1. The second-order valence-corrected chi connectivity index (χ2v) is 7.62. The van der Waals surface area contributed by atoms with E-state index in [0.717, 1.165) is 44.0 Å². The van der Waals surface area contributed by atoms with E-state index < -0.39 is 0 Å². The zero-order chi connectivity index (χ0) is 21.7. The standard InChI is InChI=1S/C27H32N2O2/c1-2-29(20-10-19-28-27(30)18-17-23-11-5-3-6-12-23)22-24-13-9-16-26(21-24)31-25-14-7-4-8-15-25/h3-9,11-16,21H,2,10,17-20,22H2,1H3,(H,28,30). The van der Waals surface area contributed by atoms with E-state index in [1.54, 1.807) is 0 Å². The molecule has 0 aliphatic rings. The van der Waals surface area contributed by atoms with Gasteiger partial charge in [-0.3, -0.25) is 9.69 Å². The zero-order valence-electron chi connectivity index (χ0n) is 18.3. The molecule has 0 spiro atoms. The third-order valence-corrected chi connectivity index (χ3v) is 5.19. The minimum absolute atomic E-state index is 0.123. The average Bonchev–Trinajstić information content (AvgIpc) is 2.81. The summed E-state index contributed by atoms with van der Waals surface area (Å²) in [5.41, 5.74) is 2.43. The Hall–Kier alpha value is -3.11. The van der Waals surface area contributed by atoms with Gasteiger partial charge in [0.05, 0.1) is 0 Å². The summed E-state index contributed by atoms with van der Waals surface area (Å²) in [5, 5.41) is 3.05. The van der Waals surface area contributed by atoms with Crippen LogP contribution in [0.3, 0.4) is 0 Å². The molecule has 0 unspecified atom stereocenters. The van der Waals surface area contributed by atoms with Crippen LogP contribution in [0.2, 0.25) is 0 Å². The van der Waals surface area contributed by atoms with E-state index in [1.807, 2.05) is 60.7 Å². The molecule has 3 aromatic rings. The molecule has 0 fully saturated rings. The minimum Gasteiger partial charge on any atom is -0.457 e. The van der Waals surface area contributed by atoms with Crippen LogP contribution in [0.4, 0.5) is 0 Å². The van der Waals surface area contributed by atoms with Gasteiger partial charge in [-0.05, 0) is 54.8 Å². The Morgan fingerprint density at radius 1 is 0.871 bits per heavy atom. The summed E-state index contributed by atoms with van der Waals surface area (Å²) in [6, 6.07) is 28.2. The first-order valence-corrected chi connectivity index (χ1v) is 11.1. The van der Waals surface area contributed by atoms with Gasteiger partial charge in [0.1, 0.15) is 11.5 Å². The number of ether oxygens (including phenoxy) is 1. The van der Waals surface area contributed by atoms with Gasteiger partial charge >= 0.3 is 0 Å². The highest BCUT2D eigenvalue weighted by Crippen LogP contribution is 2.22. The predicted octanol–water partition coefficient (Wildman–Crippen LogP) is 5.44. The molecule has 0 bridgehead atoms. The van der Waals surface area contributed by atoms with Crippen LogP contribution in [0, 0.1) is 0 Å². The van der Waals surface area contributed by atoms with Crippen molar-refractivity contribution in [1.29, 1.82) is 0 Å². The molecule has 3 rings (SSSR count). The maximum absolute atomic E-state index is 12.1. The van der Waals surface area contributed by atoms with Crippen molar-refractivity contribution in [3.63, 3.8) is 0 Å². The lowest BCUT2D eigenvalue weighted by Gasteiger charge is -2.21. The van der Waals surface area contributed by atoms with Crippen LogP contribution in [-0.4, -0.2) is 30.4 Å². The third kappa shape index (κ3) is 8.27. The number of carbonyl (C=O) groups excluding carboxylic acids is 1. The molecule has 0 saturated heterocycles. The van der Waals surface area contributed by atoms with Crippen molar-refractivity contribution in [2.24, 2.45) is 0 Å². The molecule has 1 amide bonds. The van der Waals surface area contributed by atoms with Crippen LogP contribution < -0.4 is 10.1 Å². The van der Waals surface area contributed by atoms with Crippen LogP contribution >= 0.6 is 0 Å². The van der Waals surface area contributed by atoms with E-state index in [4.69, 9.17) is 4.74 Å². The number of rotatable bonds is 12. The summed E-state index contributed by atoms with van der Waals surface area (Å²) < 4.78 is 5.95. The molecule has 31 heavy (non-hydrogen) atoms. The maximum atomic E-state index is 12.1. The summed E-state index contributed by atoms with van der Waals surface area (Å²) >= 11 is 0. The molecule has 1 N–H and O–H groups in total. The van der Waals surface area contributed by atoms with Gasteiger partial charge in [0.25, 0.3) is 0 Å². The molecule has 0 atom stereocenters. The second kappa shape index (κ2) is 12.6. The van der Waals surface area contributed by atoms with Gasteiger partial charge in [0.2, 0.25) is 5.91 Å². The summed E-state index contributed by atoms with van der Waals surface area (Å²) in [6.45, 7) is 5.65. The third-order valence-electron chi connectivity index (χ3n) is 5.19. The maximum Gasteiger partial charge on any atom is 0.220 e. The van der Waals surface area contributed by atoms with Crippen molar-refractivity contribution in [3.8, 4) is 11.5 Å². The largest absolute Gasteiger partial charge is 0.457 e. The quantitative estimate of drug-likeness (QED) is 0.400. The summed E-state index contributed by atoms with van der Waals surface area (Å²) in [6.07, 6.45) is 2.26. The lowest BCUT2D eigenvalue weighted by molar-refractivity contribution is -0.121. The molecule has 0 radical (unpaired) electrons. The molecule has 4 heteroatoms. The van der Waals surface area contributed by atoms with Gasteiger partial charge in [-0.25, -0.2) is 0 Å². The molecule has 3 aromatic carbocycles. The van der Waals surface area contributed by atoms with Crippen molar-refractivity contribution in [2.45, 2.75) is 32.7 Å². The van der Waals surface area contributed by atoms with Gasteiger partial charge in [-0.2, -0.15) is 0 Å². The number of aryl methyl sites for hydroxylation is 1. The van der Waals surface area contributed by atoms with Crippen molar-refractivity contribution in [1.82, 2.24) is 10.2 Å². The summed E-state index contributed by atoms with van der Waals surface area (Å²) in [7, 11) is 0. The van der Waals surface area contributed by atoms with Crippen molar-refractivity contribution in [3.05, 3.63) is 96.1 Å². The Kier molecular flexibility index (Phi) is 9.14. The van der Waals surface area contributed by atoms with Crippen LogP contribution in [0.15, 0.2) is 84.9 Å². The van der Waals surface area contributed by atoms with E-state index in [0.29, 0.717) is 13.0 Å². The van der Waals surface area contributed by atoms with Crippen LogP contribution in [0.5, 0.6) is 11.5 Å². The lowest BCUT2D eigenvalue weighted by atomic mass is 10.1. The van der Waals surface area contributed by atoms with E-state index in [2.05, 4.69) is 41.4 Å². The first-order chi connectivity index (χ1) is 15.2. The van der Waals surface area contributed by atoms with Gasteiger partial charge in [0, 0.05) is 26.1 Å². The Labute approximate surface area is 185 Å². The monoisotopic (exact) mass is 416 g/mol. The normalized spacial score (nSPS) is 10.8. The number of amides is 1. The highest BCUT2D eigenvalue weighted by molar-refractivity contribution is 5.76. The van der Waals surface area contributed by atoms with Gasteiger partial charge in [-0.15, -0.1) is 0 Å². The topological polar surface area (TPSA) is 41.6 Å². The average molecular weight is 417 g/mol. The molecule has 0 aliphatic heterocycles. The van der Waals surface area contributed by atoms with Crippen molar-refractivity contribution < 1.29 is 9.53 Å². The Morgan fingerprint density at radius 2 is 1.55 bits per heavy atom. The number of para-hydroxylation sites is 1. The summed E-state index contributed by atoms with van der Waals surface area (Å²) in [4.78, 5) is 14.5. The van der Waals surface area contributed by atoms with Crippen LogP contribution in [0.1, 0.15) is 30.9 Å². The molecule has 0 saturated carbocycles. The summed E-state index contributed by atoms with van der Waals surface area (Å²) in [5.74, 6) is 1.82. The SMILES string of the molecule is CCN(CCCNC(=O)CCc1ccccc1)Cc1cccc(Oc2ccccc2)c1. The molecule has 162 valence electrons. The van der Waals surface area contributed by atoms with E-state index in [9.17, 15) is 4.79 Å². The predicted molar refractivity (Wildman–Crippen MR) is 126 cm³/mol. The molecular weight excluding hydrogens is 384 g/mol. The number of hydrogen-bond acceptors (Lipinski definition) is 3. The smallest absolute Gasteiger partial charge is 0.220 e. The Balaban J connectivity index is 1.38. The van der Waals surface area contributed by atoms with Gasteiger partial charge in [0.15, 0.2) is 0 Å². The second-order valence-electron chi connectivity index (χ2n) is 7.62. The van der Waals surface area contributed by atoms with E-state index in [1.165, 1.54) is 11.1 Å². The van der Waals surface area contributed by atoms with E-state index >= 15 is 0 Å². The zero-order valence-corrected chi connectivity index (χ0v) is 18.3.